The fraction of sp³-hybridized carbons (Fsp3) is 0.250. The number of carbonyl (C=O) groups is 1. The summed E-state index contributed by atoms with van der Waals surface area (Å²) in [5.41, 5.74) is 0.380. The SMILES string of the molecule is O=C(C#CC1CC1)c1ccc([N+](=O)[O-])cc1. The molecule has 1 saturated carbocycles. The van der Waals surface area contributed by atoms with Crippen molar-refractivity contribution in [2.24, 2.45) is 5.92 Å². The summed E-state index contributed by atoms with van der Waals surface area (Å²) < 4.78 is 0. The molecule has 0 aromatic heterocycles. The maximum Gasteiger partial charge on any atom is 0.269 e. The van der Waals surface area contributed by atoms with Crippen LogP contribution in [-0.4, -0.2) is 10.7 Å². The molecule has 0 unspecified atom stereocenters. The van der Waals surface area contributed by atoms with Crippen LogP contribution in [0, 0.1) is 27.9 Å². The van der Waals surface area contributed by atoms with E-state index in [0.29, 0.717) is 11.5 Å². The molecule has 80 valence electrons. The Kier molecular flexibility index (Phi) is 2.69. The Morgan fingerprint density at radius 2 is 1.94 bits per heavy atom. The van der Waals surface area contributed by atoms with Gasteiger partial charge in [0.15, 0.2) is 0 Å². The van der Waals surface area contributed by atoms with Crippen molar-refractivity contribution in [1.29, 1.82) is 0 Å². The zero-order chi connectivity index (χ0) is 11.5. The summed E-state index contributed by atoms with van der Waals surface area (Å²) in [6.45, 7) is 0. The molecule has 0 amide bonds. The number of benzene rings is 1. The summed E-state index contributed by atoms with van der Waals surface area (Å²) in [6.07, 6.45) is 2.14. The molecule has 0 spiro atoms. The number of Topliss-reactive ketones (excluding diaryl/α,β-unsaturated/α-hetero) is 1. The van der Waals surface area contributed by atoms with Gasteiger partial charge in [-0.3, -0.25) is 14.9 Å². The van der Waals surface area contributed by atoms with Gasteiger partial charge in [0.05, 0.1) is 4.92 Å². The van der Waals surface area contributed by atoms with E-state index >= 15 is 0 Å². The summed E-state index contributed by atoms with van der Waals surface area (Å²) >= 11 is 0. The maximum atomic E-state index is 11.5. The molecule has 1 aromatic rings. The van der Waals surface area contributed by atoms with Crippen LogP contribution in [0.25, 0.3) is 0 Å². The van der Waals surface area contributed by atoms with Crippen LogP contribution in [0.2, 0.25) is 0 Å². The highest BCUT2D eigenvalue weighted by Crippen LogP contribution is 2.27. The second-order valence-corrected chi connectivity index (χ2v) is 3.68. The number of nitro benzene ring substituents is 1. The van der Waals surface area contributed by atoms with Gasteiger partial charge in [0.25, 0.3) is 5.69 Å². The van der Waals surface area contributed by atoms with Crippen molar-refractivity contribution in [2.45, 2.75) is 12.8 Å². The van der Waals surface area contributed by atoms with Gasteiger partial charge >= 0.3 is 0 Å². The topological polar surface area (TPSA) is 60.2 Å². The van der Waals surface area contributed by atoms with Gasteiger partial charge in [-0.25, -0.2) is 0 Å². The normalized spacial score (nSPS) is 13.8. The van der Waals surface area contributed by atoms with E-state index in [2.05, 4.69) is 11.8 Å². The van der Waals surface area contributed by atoms with Crippen LogP contribution in [0.5, 0.6) is 0 Å². The van der Waals surface area contributed by atoms with E-state index in [4.69, 9.17) is 0 Å². The fourth-order valence-electron chi connectivity index (χ4n) is 1.20. The molecule has 2 rings (SSSR count). The number of non-ortho nitro benzene ring substituents is 1. The van der Waals surface area contributed by atoms with E-state index in [1.54, 1.807) is 0 Å². The highest BCUT2D eigenvalue weighted by Gasteiger charge is 2.18. The van der Waals surface area contributed by atoms with Gasteiger partial charge in [0.1, 0.15) is 0 Å². The number of hydrogen-bond acceptors (Lipinski definition) is 3. The van der Waals surface area contributed by atoms with Gasteiger partial charge in [-0.1, -0.05) is 5.92 Å². The van der Waals surface area contributed by atoms with Gasteiger partial charge in [-0.2, -0.15) is 0 Å². The first-order chi connectivity index (χ1) is 7.66. The molecule has 1 fully saturated rings. The minimum Gasteiger partial charge on any atom is -0.279 e. The third-order valence-electron chi connectivity index (χ3n) is 2.31. The number of carbonyl (C=O) groups excluding carboxylic acids is 1. The largest absolute Gasteiger partial charge is 0.279 e. The van der Waals surface area contributed by atoms with Gasteiger partial charge < -0.3 is 0 Å². The molecule has 16 heavy (non-hydrogen) atoms. The predicted octanol–water partition coefficient (Wildman–Crippen LogP) is 2.19. The van der Waals surface area contributed by atoms with Gasteiger partial charge in [0, 0.05) is 23.6 Å². The Bertz CT molecular complexity index is 489. The maximum absolute atomic E-state index is 11.5. The van der Waals surface area contributed by atoms with E-state index < -0.39 is 4.92 Å². The van der Waals surface area contributed by atoms with Crippen LogP contribution in [0.4, 0.5) is 5.69 Å². The van der Waals surface area contributed by atoms with E-state index in [1.807, 2.05) is 0 Å². The molecule has 0 saturated heterocycles. The van der Waals surface area contributed by atoms with E-state index in [0.717, 1.165) is 12.8 Å². The molecule has 4 nitrogen and oxygen atoms in total. The zero-order valence-electron chi connectivity index (χ0n) is 8.47. The lowest BCUT2D eigenvalue weighted by Crippen LogP contribution is -1.95. The number of rotatable bonds is 2. The molecule has 1 aliphatic carbocycles. The van der Waals surface area contributed by atoms with E-state index in [9.17, 15) is 14.9 Å². The lowest BCUT2D eigenvalue weighted by molar-refractivity contribution is -0.384. The Hall–Kier alpha value is -2.15. The smallest absolute Gasteiger partial charge is 0.269 e. The van der Waals surface area contributed by atoms with Crippen LogP contribution in [-0.2, 0) is 0 Å². The first kappa shape index (κ1) is 10.4. The first-order valence-electron chi connectivity index (χ1n) is 4.97. The Labute approximate surface area is 92.4 Å². The second-order valence-electron chi connectivity index (χ2n) is 3.68. The average molecular weight is 215 g/mol. The van der Waals surface area contributed by atoms with Crippen LogP contribution in [0.1, 0.15) is 23.2 Å². The predicted molar refractivity (Wildman–Crippen MR) is 57.9 cm³/mol. The number of hydrogen-bond donors (Lipinski definition) is 0. The summed E-state index contributed by atoms with van der Waals surface area (Å²) in [5, 5.41) is 10.4. The molecule has 0 atom stereocenters. The molecule has 1 aliphatic rings. The highest BCUT2D eigenvalue weighted by molar-refractivity contribution is 6.09. The molecular formula is C12H9NO3. The first-order valence-corrected chi connectivity index (χ1v) is 4.97. The molecule has 0 heterocycles. The van der Waals surface area contributed by atoms with Crippen molar-refractivity contribution in [3.05, 3.63) is 39.9 Å². The van der Waals surface area contributed by atoms with Gasteiger partial charge in [-0.15, -0.1) is 0 Å². The van der Waals surface area contributed by atoms with Crippen molar-refractivity contribution >= 4 is 11.5 Å². The Balaban J connectivity index is 2.12. The summed E-state index contributed by atoms with van der Waals surface area (Å²) in [4.78, 5) is 21.4. The van der Waals surface area contributed by atoms with Crippen LogP contribution < -0.4 is 0 Å². The highest BCUT2D eigenvalue weighted by atomic mass is 16.6. The zero-order valence-corrected chi connectivity index (χ0v) is 8.47. The fourth-order valence-corrected chi connectivity index (χ4v) is 1.20. The number of nitro groups is 1. The molecule has 0 N–H and O–H groups in total. The van der Waals surface area contributed by atoms with Crippen molar-refractivity contribution in [2.75, 3.05) is 0 Å². The lowest BCUT2D eigenvalue weighted by atomic mass is 10.1. The lowest BCUT2D eigenvalue weighted by Gasteiger charge is -1.93. The number of nitrogens with zero attached hydrogens (tertiary/aromatic N) is 1. The van der Waals surface area contributed by atoms with E-state index in [1.165, 1.54) is 24.3 Å². The Morgan fingerprint density at radius 3 is 2.44 bits per heavy atom. The average Bonchev–Trinajstić information content (AvgIpc) is 3.10. The second kappa shape index (κ2) is 4.15. The van der Waals surface area contributed by atoms with Crippen LogP contribution in [0.3, 0.4) is 0 Å². The van der Waals surface area contributed by atoms with Crippen molar-refractivity contribution in [1.82, 2.24) is 0 Å². The molecule has 0 bridgehead atoms. The minimum absolute atomic E-state index is 0.0216. The van der Waals surface area contributed by atoms with Crippen molar-refractivity contribution in [3.63, 3.8) is 0 Å². The third-order valence-corrected chi connectivity index (χ3v) is 2.31. The monoisotopic (exact) mass is 215 g/mol. The van der Waals surface area contributed by atoms with E-state index in [-0.39, 0.29) is 11.5 Å². The standard InChI is InChI=1S/C12H9NO3/c14-12(8-3-9-1-2-9)10-4-6-11(7-5-10)13(15)16/h4-7,9H,1-2H2. The van der Waals surface area contributed by atoms with Gasteiger partial charge in [-0.05, 0) is 30.9 Å². The minimum atomic E-state index is -0.496. The molecule has 0 aliphatic heterocycles. The molecule has 4 heteroatoms. The molecule has 0 radical (unpaired) electrons. The molecule has 1 aromatic carbocycles. The quantitative estimate of drug-likeness (QED) is 0.250. The van der Waals surface area contributed by atoms with Gasteiger partial charge in [0.2, 0.25) is 5.78 Å². The van der Waals surface area contributed by atoms with Crippen LogP contribution >= 0.6 is 0 Å². The van der Waals surface area contributed by atoms with Crippen molar-refractivity contribution in [3.8, 4) is 11.8 Å². The molecular weight excluding hydrogens is 206 g/mol. The summed E-state index contributed by atoms with van der Waals surface area (Å²) in [6, 6.07) is 5.49. The summed E-state index contributed by atoms with van der Waals surface area (Å²) in [7, 11) is 0. The van der Waals surface area contributed by atoms with Crippen molar-refractivity contribution < 1.29 is 9.72 Å². The van der Waals surface area contributed by atoms with Crippen LogP contribution in [0.15, 0.2) is 24.3 Å². The Morgan fingerprint density at radius 1 is 1.31 bits per heavy atom. The third kappa shape index (κ3) is 2.45. The number of ketones is 1. The summed E-state index contributed by atoms with van der Waals surface area (Å²) in [5.74, 6) is 5.51.